The van der Waals surface area contributed by atoms with Gasteiger partial charge >= 0.3 is 5.97 Å². The summed E-state index contributed by atoms with van der Waals surface area (Å²) >= 11 is 0. The van der Waals surface area contributed by atoms with Crippen molar-refractivity contribution >= 4 is 32.6 Å². The molecule has 0 aliphatic heterocycles. The molecule has 0 fully saturated rings. The lowest BCUT2D eigenvalue weighted by Gasteiger charge is -2.08. The van der Waals surface area contributed by atoms with Crippen LogP contribution in [0.5, 0.6) is 0 Å². The molecule has 1 N–H and O–H groups in total. The number of nitrogens with one attached hydrogen (secondary N) is 1. The Bertz CT molecular complexity index is 1100. The molecule has 3 aromatic rings. The summed E-state index contributed by atoms with van der Waals surface area (Å²) in [6.07, 6.45) is 1.65. The Kier molecular flexibility index (Phi) is 5.69. The minimum atomic E-state index is -3.91. The average molecular weight is 405 g/mol. The lowest BCUT2D eigenvalue weighted by atomic mass is 10.1. The van der Waals surface area contributed by atoms with Gasteiger partial charge in [0.05, 0.1) is 11.5 Å². The highest BCUT2D eigenvalue weighted by molar-refractivity contribution is 7.92. The quantitative estimate of drug-likeness (QED) is 0.457. The van der Waals surface area contributed by atoms with Crippen LogP contribution >= 0.6 is 0 Å². The summed E-state index contributed by atoms with van der Waals surface area (Å²) in [6, 6.07) is 9.11. The number of benzene rings is 2. The van der Waals surface area contributed by atoms with Gasteiger partial charge in [-0.25, -0.2) is 17.6 Å². The smallest absolute Gasteiger partial charge is 0.342 e. The number of fused-ring (bicyclic) bond motifs is 1. The van der Waals surface area contributed by atoms with Gasteiger partial charge in [-0.1, -0.05) is 13.3 Å². The predicted octanol–water partition coefficient (Wildman–Crippen LogP) is 4.64. The Morgan fingerprint density at radius 2 is 1.89 bits per heavy atom. The van der Waals surface area contributed by atoms with Crippen LogP contribution in [0.2, 0.25) is 0 Å². The number of carbonyl (C=O) groups excluding carboxylic acids is 1. The van der Waals surface area contributed by atoms with Gasteiger partial charge in [0.1, 0.15) is 22.7 Å². The van der Waals surface area contributed by atoms with E-state index >= 15 is 0 Å². The summed E-state index contributed by atoms with van der Waals surface area (Å²) in [5.41, 5.74) is 0.971. The van der Waals surface area contributed by atoms with E-state index in [2.05, 4.69) is 4.72 Å². The third kappa shape index (κ3) is 4.17. The van der Waals surface area contributed by atoms with Gasteiger partial charge in [-0.15, -0.1) is 0 Å². The molecule has 6 nitrogen and oxygen atoms in total. The molecule has 0 aliphatic rings. The van der Waals surface area contributed by atoms with Crippen LogP contribution in [0.25, 0.3) is 11.0 Å². The van der Waals surface area contributed by atoms with Crippen LogP contribution in [-0.4, -0.2) is 21.0 Å². The normalized spacial score (nSPS) is 11.5. The number of halogens is 1. The molecule has 28 heavy (non-hydrogen) atoms. The van der Waals surface area contributed by atoms with Gasteiger partial charge in [0.25, 0.3) is 10.0 Å². The molecule has 2 aromatic carbocycles. The van der Waals surface area contributed by atoms with Crippen molar-refractivity contribution in [1.29, 1.82) is 0 Å². The molecule has 0 amide bonds. The van der Waals surface area contributed by atoms with Crippen molar-refractivity contribution in [3.05, 3.63) is 59.6 Å². The first kappa shape index (κ1) is 19.9. The zero-order valence-corrected chi connectivity index (χ0v) is 16.3. The maximum Gasteiger partial charge on any atom is 0.342 e. The fourth-order valence-corrected chi connectivity index (χ4v) is 3.80. The number of sulfonamides is 1. The van der Waals surface area contributed by atoms with E-state index in [0.717, 1.165) is 25.0 Å². The first-order chi connectivity index (χ1) is 13.3. The Balaban J connectivity index is 1.92. The van der Waals surface area contributed by atoms with Gasteiger partial charge in [-0.05, 0) is 55.8 Å². The molecular weight excluding hydrogens is 385 g/mol. The van der Waals surface area contributed by atoms with Crippen molar-refractivity contribution in [2.45, 2.75) is 31.6 Å². The van der Waals surface area contributed by atoms with E-state index in [-0.39, 0.29) is 16.1 Å². The minimum absolute atomic E-state index is 0.0726. The molecule has 0 aliphatic carbocycles. The molecule has 1 aromatic heterocycles. The second-order valence-corrected chi connectivity index (χ2v) is 7.98. The zero-order chi connectivity index (χ0) is 20.3. The maximum atomic E-state index is 13.0. The molecule has 0 saturated heterocycles. The first-order valence-corrected chi connectivity index (χ1v) is 10.3. The van der Waals surface area contributed by atoms with Crippen molar-refractivity contribution in [1.82, 2.24) is 0 Å². The number of ether oxygens (including phenoxy) is 1. The van der Waals surface area contributed by atoms with E-state index in [0.29, 0.717) is 23.3 Å². The van der Waals surface area contributed by atoms with Crippen LogP contribution in [0.3, 0.4) is 0 Å². The molecule has 0 unspecified atom stereocenters. The third-order valence-electron chi connectivity index (χ3n) is 4.18. The van der Waals surface area contributed by atoms with Crippen molar-refractivity contribution in [2.24, 2.45) is 0 Å². The van der Waals surface area contributed by atoms with Gasteiger partial charge in [0, 0.05) is 11.1 Å². The number of furan rings is 1. The summed E-state index contributed by atoms with van der Waals surface area (Å²) < 4.78 is 51.3. The molecule has 0 saturated carbocycles. The van der Waals surface area contributed by atoms with E-state index in [1.165, 1.54) is 24.3 Å². The van der Waals surface area contributed by atoms with E-state index in [4.69, 9.17) is 9.15 Å². The van der Waals surface area contributed by atoms with Crippen LogP contribution < -0.4 is 4.72 Å². The summed E-state index contributed by atoms with van der Waals surface area (Å²) in [7, 11) is -3.91. The molecule has 0 spiro atoms. The summed E-state index contributed by atoms with van der Waals surface area (Å²) in [4.78, 5) is 12.3. The Morgan fingerprint density at radius 3 is 2.57 bits per heavy atom. The second-order valence-electron chi connectivity index (χ2n) is 6.29. The number of aryl methyl sites for hydroxylation is 1. The Hall–Kier alpha value is -2.87. The lowest BCUT2D eigenvalue weighted by molar-refractivity contribution is 0.0500. The van der Waals surface area contributed by atoms with Gasteiger partial charge in [0.15, 0.2) is 0 Å². The summed E-state index contributed by atoms with van der Waals surface area (Å²) in [5, 5.41) is 0.457. The Labute approximate surface area is 162 Å². The van der Waals surface area contributed by atoms with Crippen LogP contribution in [0, 0.1) is 12.7 Å². The van der Waals surface area contributed by atoms with E-state index in [1.807, 2.05) is 6.92 Å². The fourth-order valence-electron chi connectivity index (χ4n) is 2.75. The topological polar surface area (TPSA) is 85.6 Å². The molecule has 8 heteroatoms. The van der Waals surface area contributed by atoms with E-state index < -0.39 is 21.8 Å². The zero-order valence-electron chi connectivity index (χ0n) is 15.5. The number of hydrogen-bond donors (Lipinski definition) is 1. The van der Waals surface area contributed by atoms with Gasteiger partial charge in [0.2, 0.25) is 0 Å². The second kappa shape index (κ2) is 8.02. The van der Waals surface area contributed by atoms with Gasteiger partial charge in [-0.2, -0.15) is 0 Å². The van der Waals surface area contributed by atoms with Crippen molar-refractivity contribution in [2.75, 3.05) is 11.3 Å². The minimum Gasteiger partial charge on any atom is -0.462 e. The first-order valence-electron chi connectivity index (χ1n) is 8.80. The number of rotatable bonds is 7. The molecular formula is C20H20FNO5S. The number of anilines is 1. The highest BCUT2D eigenvalue weighted by Gasteiger charge is 2.21. The predicted molar refractivity (Wildman–Crippen MR) is 103 cm³/mol. The highest BCUT2D eigenvalue weighted by atomic mass is 32.2. The SMILES string of the molecule is CCCCOC(=O)c1c(C)oc2ccc(NS(=O)(=O)c3ccc(F)cc3)cc12. The number of unbranched alkanes of at least 4 members (excludes halogenated alkanes) is 1. The van der Waals surface area contributed by atoms with E-state index in [1.54, 1.807) is 13.0 Å². The number of carbonyl (C=O) groups is 1. The molecule has 0 bridgehead atoms. The fraction of sp³-hybridized carbons (Fsp3) is 0.250. The molecule has 0 atom stereocenters. The monoisotopic (exact) mass is 405 g/mol. The largest absolute Gasteiger partial charge is 0.462 e. The van der Waals surface area contributed by atoms with Crippen LogP contribution in [0.4, 0.5) is 10.1 Å². The molecule has 3 rings (SSSR count). The third-order valence-corrected chi connectivity index (χ3v) is 5.57. The molecule has 148 valence electrons. The maximum absolute atomic E-state index is 13.0. The molecule has 0 radical (unpaired) electrons. The van der Waals surface area contributed by atoms with Crippen LogP contribution in [0.15, 0.2) is 51.8 Å². The lowest BCUT2D eigenvalue weighted by Crippen LogP contribution is -2.13. The summed E-state index contributed by atoms with van der Waals surface area (Å²) in [5.74, 6) is -0.640. The number of esters is 1. The Morgan fingerprint density at radius 1 is 1.18 bits per heavy atom. The van der Waals surface area contributed by atoms with Crippen molar-refractivity contribution < 1.29 is 26.8 Å². The van der Waals surface area contributed by atoms with Gasteiger partial charge in [-0.3, -0.25) is 4.72 Å². The van der Waals surface area contributed by atoms with Crippen LogP contribution in [-0.2, 0) is 14.8 Å². The standard InChI is InChI=1S/C20H20FNO5S/c1-3-4-11-26-20(23)19-13(2)27-18-10-7-15(12-17(18)19)22-28(24,25)16-8-5-14(21)6-9-16/h5-10,12,22H,3-4,11H2,1-2H3. The van der Waals surface area contributed by atoms with Gasteiger partial charge < -0.3 is 9.15 Å². The van der Waals surface area contributed by atoms with Crippen LogP contribution in [0.1, 0.15) is 35.9 Å². The molecule has 1 heterocycles. The van der Waals surface area contributed by atoms with Crippen molar-refractivity contribution in [3.63, 3.8) is 0 Å². The average Bonchev–Trinajstić information content (AvgIpc) is 2.97. The van der Waals surface area contributed by atoms with E-state index in [9.17, 15) is 17.6 Å². The number of hydrogen-bond acceptors (Lipinski definition) is 5. The summed E-state index contributed by atoms with van der Waals surface area (Å²) in [6.45, 7) is 3.95. The van der Waals surface area contributed by atoms with Crippen molar-refractivity contribution in [3.8, 4) is 0 Å². The highest BCUT2D eigenvalue weighted by Crippen LogP contribution is 2.29.